The first-order chi connectivity index (χ1) is 12.5. The average Bonchev–Trinajstić information content (AvgIpc) is 2.66. The molecule has 3 rings (SSSR count). The molecule has 0 spiro atoms. The van der Waals surface area contributed by atoms with Crippen LogP contribution in [-0.4, -0.2) is 43.0 Å². The van der Waals surface area contributed by atoms with Crippen LogP contribution in [0, 0.1) is 0 Å². The highest BCUT2D eigenvalue weighted by Gasteiger charge is 2.27. The minimum absolute atomic E-state index is 0.0909. The third-order valence-corrected chi connectivity index (χ3v) is 4.43. The molecule has 1 atom stereocenters. The summed E-state index contributed by atoms with van der Waals surface area (Å²) in [4.78, 5) is 25.2. The van der Waals surface area contributed by atoms with Crippen LogP contribution in [0.1, 0.15) is 22.0 Å². The Balaban J connectivity index is 1.67. The minimum atomic E-state index is -0.552. The van der Waals surface area contributed by atoms with Gasteiger partial charge in [0.15, 0.2) is 6.61 Å². The Hall–Kier alpha value is -2.57. The van der Waals surface area contributed by atoms with Gasteiger partial charge in [0, 0.05) is 22.7 Å². The summed E-state index contributed by atoms with van der Waals surface area (Å²) < 4.78 is 11.0. The Labute approximate surface area is 156 Å². The van der Waals surface area contributed by atoms with Crippen molar-refractivity contribution in [2.45, 2.75) is 6.10 Å². The molecule has 6 nitrogen and oxygen atoms in total. The van der Waals surface area contributed by atoms with Crippen LogP contribution >= 0.6 is 11.6 Å². The van der Waals surface area contributed by atoms with Crippen molar-refractivity contribution in [1.29, 1.82) is 0 Å². The third kappa shape index (κ3) is 4.33. The molecule has 0 aromatic heterocycles. The van der Waals surface area contributed by atoms with Crippen molar-refractivity contribution in [1.82, 2.24) is 4.90 Å². The van der Waals surface area contributed by atoms with Crippen LogP contribution < -0.4 is 10.5 Å². The second-order valence-corrected chi connectivity index (χ2v) is 6.32. The van der Waals surface area contributed by atoms with Crippen LogP contribution in [0.4, 0.5) is 0 Å². The van der Waals surface area contributed by atoms with E-state index in [0.29, 0.717) is 36.0 Å². The van der Waals surface area contributed by atoms with E-state index < -0.39 is 5.91 Å². The molecule has 0 aliphatic carbocycles. The maximum absolute atomic E-state index is 12.8. The van der Waals surface area contributed by atoms with E-state index >= 15 is 0 Å². The van der Waals surface area contributed by atoms with E-state index in [1.54, 1.807) is 29.2 Å². The minimum Gasteiger partial charge on any atom is -0.484 e. The van der Waals surface area contributed by atoms with E-state index in [4.69, 9.17) is 26.8 Å². The van der Waals surface area contributed by atoms with E-state index in [1.807, 2.05) is 24.3 Å². The van der Waals surface area contributed by atoms with E-state index in [2.05, 4.69) is 0 Å². The van der Waals surface area contributed by atoms with E-state index in [9.17, 15) is 9.59 Å². The summed E-state index contributed by atoms with van der Waals surface area (Å²) >= 11 is 6.24. The van der Waals surface area contributed by atoms with Crippen molar-refractivity contribution >= 4 is 23.4 Å². The molecule has 1 aliphatic heterocycles. The zero-order valence-corrected chi connectivity index (χ0v) is 14.8. The predicted molar refractivity (Wildman–Crippen MR) is 97.2 cm³/mol. The monoisotopic (exact) mass is 374 g/mol. The van der Waals surface area contributed by atoms with Gasteiger partial charge in [0.2, 0.25) is 0 Å². The van der Waals surface area contributed by atoms with Crippen LogP contribution in [0.25, 0.3) is 0 Å². The van der Waals surface area contributed by atoms with E-state index in [1.165, 1.54) is 0 Å². The topological polar surface area (TPSA) is 81.9 Å². The molecule has 26 heavy (non-hydrogen) atoms. The van der Waals surface area contributed by atoms with Gasteiger partial charge in [-0.2, -0.15) is 0 Å². The van der Waals surface area contributed by atoms with Crippen molar-refractivity contribution in [3.05, 3.63) is 64.7 Å². The van der Waals surface area contributed by atoms with Gasteiger partial charge in [0.05, 0.1) is 13.2 Å². The number of morpholine rings is 1. The quantitative estimate of drug-likeness (QED) is 0.871. The molecule has 0 bridgehead atoms. The molecule has 1 heterocycles. The number of nitrogens with two attached hydrogens (primary N) is 1. The number of amides is 2. The fourth-order valence-electron chi connectivity index (χ4n) is 2.79. The summed E-state index contributed by atoms with van der Waals surface area (Å²) in [7, 11) is 0. The van der Waals surface area contributed by atoms with Crippen LogP contribution in [0.3, 0.4) is 0 Å². The highest BCUT2D eigenvalue weighted by molar-refractivity contribution is 6.31. The second-order valence-electron chi connectivity index (χ2n) is 5.91. The molecule has 136 valence electrons. The largest absolute Gasteiger partial charge is 0.484 e. The zero-order valence-electron chi connectivity index (χ0n) is 14.1. The van der Waals surface area contributed by atoms with Gasteiger partial charge in [-0.15, -0.1) is 0 Å². The fourth-order valence-corrected chi connectivity index (χ4v) is 3.05. The second kappa shape index (κ2) is 8.21. The highest BCUT2D eigenvalue weighted by atomic mass is 35.5. The first-order valence-corrected chi connectivity index (χ1v) is 8.59. The molecule has 1 unspecified atom stereocenters. The summed E-state index contributed by atoms with van der Waals surface area (Å²) in [6, 6.07) is 14.1. The van der Waals surface area contributed by atoms with Gasteiger partial charge in [-0.25, -0.2) is 0 Å². The number of rotatable bonds is 5. The maximum Gasteiger partial charge on any atom is 0.255 e. The lowest BCUT2D eigenvalue weighted by molar-refractivity contribution is -0.119. The van der Waals surface area contributed by atoms with Gasteiger partial charge < -0.3 is 20.1 Å². The first-order valence-electron chi connectivity index (χ1n) is 8.21. The van der Waals surface area contributed by atoms with E-state index in [0.717, 1.165) is 5.56 Å². The highest BCUT2D eigenvalue weighted by Crippen LogP contribution is 2.29. The van der Waals surface area contributed by atoms with Gasteiger partial charge in [-0.3, -0.25) is 9.59 Å². The van der Waals surface area contributed by atoms with E-state index in [-0.39, 0.29) is 18.6 Å². The molecule has 2 aromatic rings. The maximum atomic E-state index is 12.8. The smallest absolute Gasteiger partial charge is 0.255 e. The molecule has 0 saturated carbocycles. The summed E-state index contributed by atoms with van der Waals surface area (Å²) in [5, 5.41) is 0.628. The van der Waals surface area contributed by atoms with Crippen molar-refractivity contribution in [3.8, 4) is 5.75 Å². The Kier molecular flexibility index (Phi) is 5.75. The molecular weight excluding hydrogens is 356 g/mol. The van der Waals surface area contributed by atoms with Crippen LogP contribution in [0.5, 0.6) is 5.75 Å². The lowest BCUT2D eigenvalue weighted by Crippen LogP contribution is -2.42. The summed E-state index contributed by atoms with van der Waals surface area (Å²) in [5.41, 5.74) is 6.46. The number of halogens is 1. The summed E-state index contributed by atoms with van der Waals surface area (Å²) in [5.74, 6) is -0.160. The van der Waals surface area contributed by atoms with Gasteiger partial charge in [-0.05, 0) is 30.3 Å². The molecular formula is C19H19ClN2O4. The van der Waals surface area contributed by atoms with Gasteiger partial charge in [-0.1, -0.05) is 29.8 Å². The predicted octanol–water partition coefficient (Wildman–Crippen LogP) is 2.42. The number of primary amides is 1. The zero-order chi connectivity index (χ0) is 18.5. The number of nitrogens with zero attached hydrogens (tertiary/aromatic N) is 1. The normalized spacial score (nSPS) is 17.0. The van der Waals surface area contributed by atoms with Crippen LogP contribution in [0.2, 0.25) is 5.02 Å². The molecule has 7 heteroatoms. The Morgan fingerprint density at radius 3 is 2.62 bits per heavy atom. The van der Waals surface area contributed by atoms with Crippen LogP contribution in [-0.2, 0) is 9.53 Å². The van der Waals surface area contributed by atoms with Crippen molar-refractivity contribution in [3.63, 3.8) is 0 Å². The summed E-state index contributed by atoms with van der Waals surface area (Å²) in [6.07, 6.45) is -0.250. The standard InChI is InChI=1S/C19H19ClN2O4/c20-16-4-2-1-3-15(16)17-11-22(9-10-25-17)19(24)13-5-7-14(8-6-13)26-12-18(21)23/h1-8,17H,9-12H2,(H2,21,23). The molecule has 1 fully saturated rings. The van der Waals surface area contributed by atoms with Crippen molar-refractivity contribution in [2.75, 3.05) is 26.3 Å². The number of benzene rings is 2. The Bertz CT molecular complexity index is 794. The SMILES string of the molecule is NC(=O)COc1ccc(C(=O)N2CCOC(c3ccccc3Cl)C2)cc1. The van der Waals surface area contributed by atoms with Gasteiger partial charge in [0.25, 0.3) is 11.8 Å². The first kappa shape index (κ1) is 18.2. The lowest BCUT2D eigenvalue weighted by Gasteiger charge is -2.33. The average molecular weight is 375 g/mol. The van der Waals surface area contributed by atoms with Crippen molar-refractivity contribution in [2.24, 2.45) is 5.73 Å². The number of carbonyl (C=O) groups excluding carboxylic acids is 2. The number of hydrogen-bond donors (Lipinski definition) is 1. The number of hydrogen-bond acceptors (Lipinski definition) is 4. The molecule has 2 aromatic carbocycles. The molecule has 1 aliphatic rings. The third-order valence-electron chi connectivity index (χ3n) is 4.09. The summed E-state index contributed by atoms with van der Waals surface area (Å²) in [6.45, 7) is 1.19. The van der Waals surface area contributed by atoms with Crippen molar-refractivity contribution < 1.29 is 19.1 Å². The molecule has 0 radical (unpaired) electrons. The number of ether oxygens (including phenoxy) is 2. The van der Waals surface area contributed by atoms with Gasteiger partial charge in [0.1, 0.15) is 11.9 Å². The Morgan fingerprint density at radius 2 is 1.92 bits per heavy atom. The lowest BCUT2D eigenvalue weighted by atomic mass is 10.1. The van der Waals surface area contributed by atoms with Gasteiger partial charge >= 0.3 is 0 Å². The molecule has 2 N–H and O–H groups in total. The fraction of sp³-hybridized carbons (Fsp3) is 0.263. The Morgan fingerprint density at radius 1 is 1.19 bits per heavy atom. The van der Waals surface area contributed by atoms with Crippen LogP contribution in [0.15, 0.2) is 48.5 Å². The molecule has 2 amide bonds. The molecule has 1 saturated heterocycles. The number of carbonyl (C=O) groups is 2.